The highest BCUT2D eigenvalue weighted by atomic mass is 16.1. The molecule has 0 saturated carbocycles. The largest absolute Gasteiger partial charge is 0.292 e. The number of hydrogen-bond donors (Lipinski definition) is 0. The van der Waals surface area contributed by atoms with Gasteiger partial charge in [-0.2, -0.15) is 0 Å². The van der Waals surface area contributed by atoms with Crippen molar-refractivity contribution < 1.29 is 4.79 Å². The predicted molar refractivity (Wildman–Crippen MR) is 93.3 cm³/mol. The van der Waals surface area contributed by atoms with Crippen LogP contribution in [0.4, 0.5) is 0 Å². The fourth-order valence-corrected chi connectivity index (χ4v) is 3.43. The van der Waals surface area contributed by atoms with Gasteiger partial charge >= 0.3 is 0 Å². The first-order valence-corrected chi connectivity index (χ1v) is 8.32. The van der Waals surface area contributed by atoms with E-state index in [2.05, 4.69) is 36.4 Å². The zero-order valence-corrected chi connectivity index (χ0v) is 13.1. The SMILES string of the molecule is O=C1CCCc2c(-c3ccccc3)cc(C3=CCCC=C3)nc21. The molecule has 0 N–H and O–H groups in total. The van der Waals surface area contributed by atoms with Gasteiger partial charge in [-0.25, -0.2) is 4.98 Å². The van der Waals surface area contributed by atoms with E-state index in [4.69, 9.17) is 4.98 Å². The van der Waals surface area contributed by atoms with E-state index < -0.39 is 0 Å². The highest BCUT2D eigenvalue weighted by molar-refractivity contribution is 5.99. The third-order valence-electron chi connectivity index (χ3n) is 4.59. The Labute approximate surface area is 136 Å². The van der Waals surface area contributed by atoms with Gasteiger partial charge < -0.3 is 0 Å². The summed E-state index contributed by atoms with van der Waals surface area (Å²) < 4.78 is 0. The van der Waals surface area contributed by atoms with Gasteiger partial charge in [-0.3, -0.25) is 4.79 Å². The summed E-state index contributed by atoms with van der Waals surface area (Å²) in [5.41, 5.74) is 6.20. The van der Waals surface area contributed by atoms with Gasteiger partial charge in [-0.15, -0.1) is 0 Å². The van der Waals surface area contributed by atoms with Gasteiger partial charge in [-0.05, 0) is 54.0 Å². The number of benzene rings is 1. The lowest BCUT2D eigenvalue weighted by molar-refractivity contribution is 0.0967. The Hall–Kier alpha value is -2.48. The van der Waals surface area contributed by atoms with Crippen LogP contribution in [-0.2, 0) is 6.42 Å². The summed E-state index contributed by atoms with van der Waals surface area (Å²) in [6.45, 7) is 0. The Morgan fingerprint density at radius 2 is 1.87 bits per heavy atom. The smallest absolute Gasteiger partial charge is 0.181 e. The molecule has 1 aromatic heterocycles. The first kappa shape index (κ1) is 14.1. The van der Waals surface area contributed by atoms with E-state index in [9.17, 15) is 4.79 Å². The molecule has 2 aromatic rings. The lowest BCUT2D eigenvalue weighted by Gasteiger charge is -2.20. The summed E-state index contributed by atoms with van der Waals surface area (Å²) in [7, 11) is 0. The molecule has 0 fully saturated rings. The van der Waals surface area contributed by atoms with Crippen molar-refractivity contribution in [2.75, 3.05) is 0 Å². The average Bonchev–Trinajstić information content (AvgIpc) is 2.63. The number of fused-ring (bicyclic) bond motifs is 1. The molecule has 0 aliphatic heterocycles. The van der Waals surface area contributed by atoms with Gasteiger partial charge in [0.25, 0.3) is 0 Å². The van der Waals surface area contributed by atoms with Crippen molar-refractivity contribution in [1.82, 2.24) is 4.98 Å². The Kier molecular flexibility index (Phi) is 3.66. The van der Waals surface area contributed by atoms with Crippen LogP contribution in [0.1, 0.15) is 47.4 Å². The first-order valence-electron chi connectivity index (χ1n) is 8.32. The van der Waals surface area contributed by atoms with Crippen LogP contribution >= 0.6 is 0 Å². The van der Waals surface area contributed by atoms with Crippen LogP contribution in [0.15, 0.2) is 54.6 Å². The maximum Gasteiger partial charge on any atom is 0.181 e. The van der Waals surface area contributed by atoms with Gasteiger partial charge in [0.15, 0.2) is 5.78 Å². The summed E-state index contributed by atoms with van der Waals surface area (Å²) in [6, 6.07) is 12.5. The van der Waals surface area contributed by atoms with Gasteiger partial charge in [0.05, 0.1) is 5.69 Å². The number of carbonyl (C=O) groups is 1. The zero-order chi connectivity index (χ0) is 15.6. The van der Waals surface area contributed by atoms with Gasteiger partial charge in [0, 0.05) is 6.42 Å². The van der Waals surface area contributed by atoms with E-state index in [0.29, 0.717) is 12.1 Å². The summed E-state index contributed by atoms with van der Waals surface area (Å²) in [6.07, 6.45) is 11.1. The first-order chi connectivity index (χ1) is 11.3. The summed E-state index contributed by atoms with van der Waals surface area (Å²) >= 11 is 0. The number of Topliss-reactive ketones (excluding diaryl/α,β-unsaturated/α-hetero) is 1. The van der Waals surface area contributed by atoms with E-state index in [-0.39, 0.29) is 5.78 Å². The minimum atomic E-state index is 0.186. The van der Waals surface area contributed by atoms with Crippen molar-refractivity contribution in [3.05, 3.63) is 71.6 Å². The molecule has 114 valence electrons. The Morgan fingerprint density at radius 1 is 1.00 bits per heavy atom. The minimum Gasteiger partial charge on any atom is -0.292 e. The van der Waals surface area contributed by atoms with Crippen LogP contribution in [0.5, 0.6) is 0 Å². The quantitative estimate of drug-likeness (QED) is 0.781. The standard InChI is InChI=1S/C21H19NO/c23-20-13-7-12-17-18(15-8-3-1-4-9-15)14-19(22-21(17)20)16-10-5-2-6-11-16/h1,3-5,8-11,14H,2,6-7,12-13H2. The number of aromatic nitrogens is 1. The van der Waals surface area contributed by atoms with Crippen LogP contribution in [0.25, 0.3) is 16.7 Å². The van der Waals surface area contributed by atoms with E-state index in [0.717, 1.165) is 42.5 Å². The summed E-state index contributed by atoms with van der Waals surface area (Å²) in [4.78, 5) is 17.1. The van der Waals surface area contributed by atoms with Crippen LogP contribution in [0.2, 0.25) is 0 Å². The molecule has 2 aliphatic carbocycles. The second-order valence-electron chi connectivity index (χ2n) is 6.16. The molecule has 0 spiro atoms. The number of carbonyl (C=O) groups excluding carboxylic acids is 1. The molecule has 0 radical (unpaired) electrons. The molecular formula is C21H19NO. The third kappa shape index (κ3) is 2.65. The molecule has 1 heterocycles. The van der Waals surface area contributed by atoms with Gasteiger partial charge in [0.1, 0.15) is 5.69 Å². The molecular weight excluding hydrogens is 282 g/mol. The molecule has 0 saturated heterocycles. The van der Waals surface area contributed by atoms with Crippen LogP contribution in [-0.4, -0.2) is 10.8 Å². The molecule has 0 unspecified atom stereocenters. The molecule has 0 atom stereocenters. The van der Waals surface area contributed by atoms with Crippen LogP contribution < -0.4 is 0 Å². The normalized spacial score (nSPS) is 16.9. The highest BCUT2D eigenvalue weighted by Crippen LogP contribution is 2.33. The maximum atomic E-state index is 12.4. The zero-order valence-electron chi connectivity index (χ0n) is 13.1. The number of nitrogens with zero attached hydrogens (tertiary/aromatic N) is 1. The van der Waals surface area contributed by atoms with Gasteiger partial charge in [0.2, 0.25) is 0 Å². The molecule has 0 bridgehead atoms. The number of allylic oxidation sites excluding steroid dienone is 4. The molecule has 4 rings (SSSR count). The lowest BCUT2D eigenvalue weighted by atomic mass is 9.87. The van der Waals surface area contributed by atoms with E-state index in [1.54, 1.807) is 0 Å². The number of hydrogen-bond acceptors (Lipinski definition) is 2. The third-order valence-corrected chi connectivity index (χ3v) is 4.59. The topological polar surface area (TPSA) is 30.0 Å². The molecule has 1 aromatic carbocycles. The van der Waals surface area contributed by atoms with Crippen molar-refractivity contribution in [2.24, 2.45) is 0 Å². The summed E-state index contributed by atoms with van der Waals surface area (Å²) in [5, 5.41) is 0. The molecule has 2 heteroatoms. The molecule has 0 amide bonds. The molecule has 23 heavy (non-hydrogen) atoms. The average molecular weight is 301 g/mol. The van der Waals surface area contributed by atoms with Crippen molar-refractivity contribution >= 4 is 11.4 Å². The Bertz CT molecular complexity index is 815. The van der Waals surface area contributed by atoms with Crippen LogP contribution in [0.3, 0.4) is 0 Å². The Balaban J connectivity index is 1.93. The fourth-order valence-electron chi connectivity index (χ4n) is 3.43. The highest BCUT2D eigenvalue weighted by Gasteiger charge is 2.23. The van der Waals surface area contributed by atoms with Gasteiger partial charge in [-0.1, -0.05) is 48.6 Å². The van der Waals surface area contributed by atoms with Crippen molar-refractivity contribution in [3.8, 4) is 11.1 Å². The maximum absolute atomic E-state index is 12.4. The predicted octanol–water partition coefficient (Wildman–Crippen LogP) is 5.00. The minimum absolute atomic E-state index is 0.186. The van der Waals surface area contributed by atoms with E-state index in [1.807, 2.05) is 18.2 Å². The fraction of sp³-hybridized carbons (Fsp3) is 0.238. The van der Waals surface area contributed by atoms with Crippen molar-refractivity contribution in [1.29, 1.82) is 0 Å². The van der Waals surface area contributed by atoms with Crippen molar-refractivity contribution in [3.63, 3.8) is 0 Å². The second kappa shape index (κ2) is 5.96. The van der Waals surface area contributed by atoms with Crippen molar-refractivity contribution in [2.45, 2.75) is 32.1 Å². The number of rotatable bonds is 2. The van der Waals surface area contributed by atoms with Crippen LogP contribution in [0, 0.1) is 0 Å². The number of pyridine rings is 1. The second-order valence-corrected chi connectivity index (χ2v) is 6.16. The molecule has 2 nitrogen and oxygen atoms in total. The van der Waals surface area contributed by atoms with E-state index in [1.165, 1.54) is 11.1 Å². The van der Waals surface area contributed by atoms with E-state index >= 15 is 0 Å². The molecule has 2 aliphatic rings. The summed E-state index contributed by atoms with van der Waals surface area (Å²) in [5.74, 6) is 0.186. The Morgan fingerprint density at radius 3 is 2.65 bits per heavy atom. The monoisotopic (exact) mass is 301 g/mol. The lowest BCUT2D eigenvalue weighted by Crippen LogP contribution is -2.15. The number of ketones is 1.